The van der Waals surface area contributed by atoms with Crippen molar-refractivity contribution in [2.45, 2.75) is 33.1 Å². The Bertz CT molecular complexity index is 609. The largest absolute Gasteiger partial charge is 0.326 e. The van der Waals surface area contributed by atoms with Crippen LogP contribution in [0.25, 0.3) is 0 Å². The summed E-state index contributed by atoms with van der Waals surface area (Å²) in [5.74, 6) is 0.169. The first-order valence-corrected chi connectivity index (χ1v) is 9.00. The van der Waals surface area contributed by atoms with Crippen molar-refractivity contribution in [2.24, 2.45) is 5.92 Å². The summed E-state index contributed by atoms with van der Waals surface area (Å²) >= 11 is 0. The summed E-state index contributed by atoms with van der Waals surface area (Å²) in [6.45, 7) is 4.48. The van der Waals surface area contributed by atoms with Crippen molar-refractivity contribution in [1.82, 2.24) is 0 Å². The van der Waals surface area contributed by atoms with Crippen LogP contribution in [0.15, 0.2) is 24.3 Å². The van der Waals surface area contributed by atoms with E-state index in [1.807, 2.05) is 13.8 Å². The van der Waals surface area contributed by atoms with Crippen LogP contribution in [-0.4, -0.2) is 26.6 Å². The van der Waals surface area contributed by atoms with E-state index in [2.05, 4.69) is 5.32 Å². The minimum absolute atomic E-state index is 0.0100. The van der Waals surface area contributed by atoms with Gasteiger partial charge in [0.25, 0.3) is 0 Å². The monoisotopic (exact) mass is 310 g/mol. The second-order valence-corrected chi connectivity index (χ2v) is 7.31. The number of amides is 1. The SMILES string of the molecule is CCC(CC)C(=O)Nc1cccc(N2CCCS2(=O)=O)c1. The predicted molar refractivity (Wildman–Crippen MR) is 84.9 cm³/mol. The lowest BCUT2D eigenvalue weighted by molar-refractivity contribution is -0.120. The average Bonchev–Trinajstić information content (AvgIpc) is 2.80. The Morgan fingerprint density at radius 2 is 2.05 bits per heavy atom. The van der Waals surface area contributed by atoms with Gasteiger partial charge in [-0.1, -0.05) is 19.9 Å². The third-order valence-electron chi connectivity index (χ3n) is 3.86. The molecule has 2 rings (SSSR count). The molecule has 6 heteroatoms. The highest BCUT2D eigenvalue weighted by molar-refractivity contribution is 7.93. The van der Waals surface area contributed by atoms with Gasteiger partial charge in [-0.3, -0.25) is 9.10 Å². The van der Waals surface area contributed by atoms with Crippen molar-refractivity contribution in [1.29, 1.82) is 0 Å². The molecule has 1 aliphatic rings. The van der Waals surface area contributed by atoms with E-state index in [1.54, 1.807) is 24.3 Å². The van der Waals surface area contributed by atoms with E-state index in [1.165, 1.54) is 4.31 Å². The molecule has 1 aromatic carbocycles. The molecule has 5 nitrogen and oxygen atoms in total. The minimum atomic E-state index is -3.19. The molecule has 0 atom stereocenters. The van der Waals surface area contributed by atoms with Crippen LogP contribution < -0.4 is 9.62 Å². The van der Waals surface area contributed by atoms with Gasteiger partial charge in [-0.2, -0.15) is 0 Å². The number of benzene rings is 1. The van der Waals surface area contributed by atoms with Gasteiger partial charge in [0.15, 0.2) is 0 Å². The van der Waals surface area contributed by atoms with Crippen molar-refractivity contribution in [2.75, 3.05) is 21.9 Å². The highest BCUT2D eigenvalue weighted by Gasteiger charge is 2.28. The minimum Gasteiger partial charge on any atom is -0.326 e. The van der Waals surface area contributed by atoms with Gasteiger partial charge in [0.1, 0.15) is 0 Å². The summed E-state index contributed by atoms with van der Waals surface area (Å²) in [6, 6.07) is 7.04. The van der Waals surface area contributed by atoms with Crippen LogP contribution >= 0.6 is 0 Å². The molecule has 1 heterocycles. The number of rotatable bonds is 5. The lowest BCUT2D eigenvalue weighted by Gasteiger charge is -2.18. The zero-order chi connectivity index (χ0) is 15.5. The summed E-state index contributed by atoms with van der Waals surface area (Å²) in [5.41, 5.74) is 1.27. The standard InChI is InChI=1S/C15H22N2O3S/c1-3-12(4-2)15(18)16-13-7-5-8-14(11-13)17-9-6-10-21(17,19)20/h5,7-8,11-12H,3-4,6,9-10H2,1-2H3,(H,16,18). The summed E-state index contributed by atoms with van der Waals surface area (Å²) < 4.78 is 25.3. The first-order chi connectivity index (χ1) is 9.97. The van der Waals surface area contributed by atoms with Crippen LogP contribution in [0.2, 0.25) is 0 Å². The lowest BCUT2D eigenvalue weighted by atomic mass is 10.0. The lowest BCUT2D eigenvalue weighted by Crippen LogP contribution is -2.25. The van der Waals surface area contributed by atoms with Crippen molar-refractivity contribution in [3.8, 4) is 0 Å². The second kappa shape index (κ2) is 6.47. The van der Waals surface area contributed by atoms with Crippen molar-refractivity contribution in [3.63, 3.8) is 0 Å². The Labute approximate surface area is 126 Å². The predicted octanol–water partition coefficient (Wildman–Crippen LogP) is 2.60. The first kappa shape index (κ1) is 15.8. The molecule has 1 aromatic rings. The van der Waals surface area contributed by atoms with Crippen LogP contribution in [-0.2, 0) is 14.8 Å². The number of nitrogens with zero attached hydrogens (tertiary/aromatic N) is 1. The smallest absolute Gasteiger partial charge is 0.235 e. The van der Waals surface area contributed by atoms with Crippen molar-refractivity contribution in [3.05, 3.63) is 24.3 Å². The van der Waals surface area contributed by atoms with Crippen LogP contribution in [0.4, 0.5) is 11.4 Å². The number of hydrogen-bond acceptors (Lipinski definition) is 3. The molecule has 0 radical (unpaired) electrons. The molecule has 1 N–H and O–H groups in total. The Morgan fingerprint density at radius 3 is 2.62 bits per heavy atom. The van der Waals surface area contributed by atoms with Gasteiger partial charge in [0.05, 0.1) is 11.4 Å². The third-order valence-corrected chi connectivity index (χ3v) is 5.73. The van der Waals surface area contributed by atoms with Gasteiger partial charge in [0, 0.05) is 18.2 Å². The van der Waals surface area contributed by atoms with E-state index < -0.39 is 10.0 Å². The fraction of sp³-hybridized carbons (Fsp3) is 0.533. The number of sulfonamides is 1. The normalized spacial score (nSPS) is 17.2. The fourth-order valence-electron chi connectivity index (χ4n) is 2.57. The molecule has 0 spiro atoms. The molecule has 0 aromatic heterocycles. The van der Waals surface area contributed by atoms with E-state index in [-0.39, 0.29) is 17.6 Å². The molecular formula is C15H22N2O3S. The summed E-state index contributed by atoms with van der Waals surface area (Å²) in [6.07, 6.45) is 2.23. The first-order valence-electron chi connectivity index (χ1n) is 7.39. The average molecular weight is 310 g/mol. The van der Waals surface area contributed by atoms with Crippen LogP contribution in [0.1, 0.15) is 33.1 Å². The highest BCUT2D eigenvalue weighted by atomic mass is 32.2. The van der Waals surface area contributed by atoms with Gasteiger partial charge in [-0.15, -0.1) is 0 Å². The van der Waals surface area contributed by atoms with Crippen molar-refractivity contribution >= 4 is 27.3 Å². The maximum atomic E-state index is 12.1. The molecule has 1 amide bonds. The van der Waals surface area contributed by atoms with Gasteiger partial charge in [-0.25, -0.2) is 8.42 Å². The number of hydrogen-bond donors (Lipinski definition) is 1. The van der Waals surface area contributed by atoms with Crippen molar-refractivity contribution < 1.29 is 13.2 Å². The number of carbonyl (C=O) groups is 1. The Balaban J connectivity index is 2.17. The molecule has 0 aliphatic carbocycles. The van der Waals surface area contributed by atoms with Gasteiger partial charge in [0.2, 0.25) is 15.9 Å². The van der Waals surface area contributed by atoms with E-state index in [0.717, 1.165) is 12.8 Å². The Hall–Kier alpha value is -1.56. The number of nitrogens with one attached hydrogen (secondary N) is 1. The topological polar surface area (TPSA) is 66.5 Å². The summed E-state index contributed by atoms with van der Waals surface area (Å²) in [5, 5.41) is 2.87. The summed E-state index contributed by atoms with van der Waals surface area (Å²) in [7, 11) is -3.19. The molecule has 21 heavy (non-hydrogen) atoms. The maximum absolute atomic E-state index is 12.1. The third kappa shape index (κ3) is 3.56. The van der Waals surface area contributed by atoms with E-state index in [0.29, 0.717) is 24.3 Å². The fourth-order valence-corrected chi connectivity index (χ4v) is 4.13. The Morgan fingerprint density at radius 1 is 1.33 bits per heavy atom. The van der Waals surface area contributed by atoms with Gasteiger partial charge >= 0.3 is 0 Å². The molecule has 0 bridgehead atoms. The van der Waals surface area contributed by atoms with E-state index in [9.17, 15) is 13.2 Å². The molecule has 0 unspecified atom stereocenters. The van der Waals surface area contributed by atoms with Gasteiger partial charge in [-0.05, 0) is 37.5 Å². The second-order valence-electron chi connectivity index (χ2n) is 5.29. The van der Waals surface area contributed by atoms with Crippen LogP contribution in [0, 0.1) is 5.92 Å². The zero-order valence-corrected chi connectivity index (χ0v) is 13.3. The zero-order valence-electron chi connectivity index (χ0n) is 12.5. The molecule has 1 fully saturated rings. The van der Waals surface area contributed by atoms with Gasteiger partial charge < -0.3 is 5.32 Å². The highest BCUT2D eigenvalue weighted by Crippen LogP contribution is 2.26. The Kier molecular flexibility index (Phi) is 4.88. The number of carbonyl (C=O) groups excluding carboxylic acids is 1. The molecule has 1 aliphatic heterocycles. The van der Waals surface area contributed by atoms with Crippen LogP contribution in [0.5, 0.6) is 0 Å². The van der Waals surface area contributed by atoms with E-state index in [4.69, 9.17) is 0 Å². The molecule has 0 saturated carbocycles. The van der Waals surface area contributed by atoms with E-state index >= 15 is 0 Å². The quantitative estimate of drug-likeness (QED) is 0.909. The molecular weight excluding hydrogens is 288 g/mol. The number of anilines is 2. The maximum Gasteiger partial charge on any atom is 0.235 e. The van der Waals surface area contributed by atoms with Crippen LogP contribution in [0.3, 0.4) is 0 Å². The molecule has 1 saturated heterocycles. The molecule has 116 valence electrons. The summed E-state index contributed by atoms with van der Waals surface area (Å²) in [4.78, 5) is 12.1.